The van der Waals surface area contributed by atoms with Gasteiger partial charge in [-0.3, -0.25) is 14.9 Å². The summed E-state index contributed by atoms with van der Waals surface area (Å²) in [7, 11) is 0. The SMILES string of the molecule is ClCCl.N.NC(=S)NC(=O)c1ccccc1.O=C(N=C=S)c1ccccc1. The third-order valence-corrected chi connectivity index (χ3v) is 2.63. The number of amides is 2. The molecule has 0 spiro atoms. The zero-order valence-electron chi connectivity index (χ0n) is 14.1. The topological polar surface area (TPSA) is 120 Å². The minimum absolute atomic E-state index is 0. The predicted molar refractivity (Wildman–Crippen MR) is 118 cm³/mol. The van der Waals surface area contributed by atoms with Crippen LogP contribution in [0.4, 0.5) is 0 Å². The first-order chi connectivity index (χ1) is 12.5. The molecule has 6 nitrogen and oxygen atoms in total. The van der Waals surface area contributed by atoms with E-state index in [1.807, 2.05) is 17.3 Å². The van der Waals surface area contributed by atoms with E-state index in [2.05, 4.69) is 34.7 Å². The maximum Gasteiger partial charge on any atom is 0.285 e. The lowest BCUT2D eigenvalue weighted by molar-refractivity contribution is 0.0975. The average Bonchev–Trinajstić information content (AvgIpc) is 2.64. The molecule has 0 heterocycles. The summed E-state index contributed by atoms with van der Waals surface area (Å²) in [4.78, 5) is 25.4. The Hall–Kier alpha value is -2.19. The van der Waals surface area contributed by atoms with Crippen molar-refractivity contribution in [2.75, 3.05) is 5.34 Å². The van der Waals surface area contributed by atoms with Gasteiger partial charge in [-0.2, -0.15) is 4.99 Å². The number of halogens is 2. The maximum absolute atomic E-state index is 11.2. The fourth-order valence-corrected chi connectivity index (χ4v) is 1.64. The van der Waals surface area contributed by atoms with Gasteiger partial charge in [0.25, 0.3) is 11.8 Å². The minimum Gasteiger partial charge on any atom is -0.376 e. The number of carbonyl (C=O) groups is 2. The third-order valence-electron chi connectivity index (χ3n) is 2.44. The Bertz CT molecular complexity index is 756. The molecule has 0 aliphatic rings. The molecule has 2 aromatic rings. The fraction of sp³-hybridized carbons (Fsp3) is 0.0588. The number of hydrogen-bond donors (Lipinski definition) is 3. The second-order valence-corrected chi connectivity index (χ2v) is 5.59. The van der Waals surface area contributed by atoms with Crippen LogP contribution in [-0.2, 0) is 0 Å². The highest BCUT2D eigenvalue weighted by molar-refractivity contribution is 7.80. The van der Waals surface area contributed by atoms with Gasteiger partial charge in [0.2, 0.25) is 0 Å². The molecule has 0 aliphatic heterocycles. The van der Waals surface area contributed by atoms with Gasteiger partial charge >= 0.3 is 0 Å². The Morgan fingerprint density at radius 1 is 1.00 bits per heavy atom. The molecule has 0 atom stereocenters. The van der Waals surface area contributed by atoms with Gasteiger partial charge in [0, 0.05) is 11.1 Å². The van der Waals surface area contributed by atoms with Crippen molar-refractivity contribution in [2.45, 2.75) is 0 Å². The first kappa shape index (κ1) is 27.0. The lowest BCUT2D eigenvalue weighted by atomic mass is 10.2. The second kappa shape index (κ2) is 17.2. The van der Waals surface area contributed by atoms with Crippen molar-refractivity contribution < 1.29 is 9.59 Å². The van der Waals surface area contributed by atoms with E-state index in [1.54, 1.807) is 48.5 Å². The minimum atomic E-state index is -0.347. The van der Waals surface area contributed by atoms with Crippen LogP contribution in [0.25, 0.3) is 0 Å². The molecule has 0 bridgehead atoms. The van der Waals surface area contributed by atoms with Crippen LogP contribution < -0.4 is 17.2 Å². The molecule has 0 radical (unpaired) electrons. The number of thiocarbonyl (C=S) groups is 2. The van der Waals surface area contributed by atoms with Crippen molar-refractivity contribution in [3.05, 3.63) is 71.8 Å². The molecule has 2 amide bonds. The zero-order chi connectivity index (χ0) is 19.8. The average molecular weight is 445 g/mol. The van der Waals surface area contributed by atoms with Crippen LogP contribution in [0.1, 0.15) is 20.7 Å². The highest BCUT2D eigenvalue weighted by Crippen LogP contribution is 1.99. The Kier molecular flexibility index (Phi) is 17.3. The number of benzene rings is 2. The smallest absolute Gasteiger partial charge is 0.285 e. The van der Waals surface area contributed by atoms with Crippen LogP contribution >= 0.6 is 47.6 Å². The van der Waals surface area contributed by atoms with Crippen LogP contribution in [0, 0.1) is 0 Å². The number of carbonyl (C=O) groups excluding carboxylic acids is 2. The molecule has 144 valence electrons. The van der Waals surface area contributed by atoms with E-state index >= 15 is 0 Å². The van der Waals surface area contributed by atoms with E-state index in [4.69, 9.17) is 28.9 Å². The molecule has 0 unspecified atom stereocenters. The van der Waals surface area contributed by atoms with E-state index in [1.165, 1.54) is 0 Å². The van der Waals surface area contributed by atoms with Crippen molar-refractivity contribution in [3.8, 4) is 0 Å². The van der Waals surface area contributed by atoms with Gasteiger partial charge in [-0.1, -0.05) is 36.4 Å². The fourth-order valence-electron chi connectivity index (χ4n) is 1.46. The summed E-state index contributed by atoms with van der Waals surface area (Å²) in [6.07, 6.45) is 0. The number of rotatable bonds is 2. The van der Waals surface area contributed by atoms with Crippen LogP contribution in [0.3, 0.4) is 0 Å². The summed E-state index contributed by atoms with van der Waals surface area (Å²) in [5, 5.41) is 4.54. The van der Waals surface area contributed by atoms with E-state index in [9.17, 15) is 9.59 Å². The van der Waals surface area contributed by atoms with Crippen molar-refractivity contribution in [3.63, 3.8) is 0 Å². The summed E-state index contributed by atoms with van der Waals surface area (Å²) in [6, 6.07) is 17.5. The van der Waals surface area contributed by atoms with Gasteiger partial charge in [-0.15, -0.1) is 23.2 Å². The first-order valence-electron chi connectivity index (χ1n) is 6.91. The second-order valence-electron chi connectivity index (χ2n) is 4.16. The van der Waals surface area contributed by atoms with Crippen molar-refractivity contribution in [2.24, 2.45) is 10.7 Å². The largest absolute Gasteiger partial charge is 0.376 e. The maximum atomic E-state index is 11.2. The molecule has 0 saturated carbocycles. The number of nitrogens with one attached hydrogen (secondary N) is 1. The lowest BCUT2D eigenvalue weighted by Gasteiger charge is -2.00. The first-order valence-corrected chi connectivity index (χ1v) is 8.79. The van der Waals surface area contributed by atoms with Gasteiger partial charge in [-0.25, -0.2) is 0 Å². The zero-order valence-corrected chi connectivity index (χ0v) is 17.2. The van der Waals surface area contributed by atoms with Gasteiger partial charge in [0.05, 0.1) is 10.5 Å². The molecular formula is C17H18Cl2N4O2S2. The highest BCUT2D eigenvalue weighted by Gasteiger charge is 2.03. The molecule has 0 aliphatic carbocycles. The Morgan fingerprint density at radius 2 is 1.41 bits per heavy atom. The normalized spacial score (nSPS) is 8.07. The molecule has 2 aromatic carbocycles. The van der Waals surface area contributed by atoms with Crippen LogP contribution in [0.15, 0.2) is 65.7 Å². The number of isothiocyanates is 1. The monoisotopic (exact) mass is 444 g/mol. The Morgan fingerprint density at radius 3 is 1.78 bits per heavy atom. The highest BCUT2D eigenvalue weighted by atomic mass is 35.5. The van der Waals surface area contributed by atoms with Gasteiger partial charge in [0.1, 0.15) is 0 Å². The van der Waals surface area contributed by atoms with Crippen LogP contribution in [0.2, 0.25) is 0 Å². The molecule has 6 N–H and O–H groups in total. The Labute approximate surface area is 178 Å². The number of nitrogens with two attached hydrogens (primary N) is 1. The van der Waals surface area contributed by atoms with E-state index in [0.29, 0.717) is 11.1 Å². The number of aliphatic imine (C=N–C) groups is 1. The molecule has 10 heteroatoms. The molecule has 27 heavy (non-hydrogen) atoms. The summed E-state index contributed by atoms with van der Waals surface area (Å²) < 4.78 is 0. The van der Waals surface area contributed by atoms with Crippen molar-refractivity contribution in [1.82, 2.24) is 11.5 Å². The lowest BCUT2D eigenvalue weighted by Crippen LogP contribution is -2.34. The van der Waals surface area contributed by atoms with Gasteiger partial charge < -0.3 is 11.9 Å². The quantitative estimate of drug-likeness (QED) is 0.363. The van der Waals surface area contributed by atoms with E-state index < -0.39 is 0 Å². The third kappa shape index (κ3) is 13.6. The van der Waals surface area contributed by atoms with E-state index in [-0.39, 0.29) is 28.4 Å². The van der Waals surface area contributed by atoms with Gasteiger partial charge in [-0.05, 0) is 48.7 Å². The van der Waals surface area contributed by atoms with E-state index in [0.717, 1.165) is 0 Å². The van der Waals surface area contributed by atoms with Crippen molar-refractivity contribution in [1.29, 1.82) is 0 Å². The van der Waals surface area contributed by atoms with Crippen LogP contribution in [-0.4, -0.2) is 27.4 Å². The Balaban J connectivity index is 0. The standard InChI is InChI=1S/C8H8N2OS.C8H5NOS.CH2Cl2.H3N/c9-8(12)10-7(11)6-4-2-1-3-5-6;10-8(9-6-11)7-4-2-1-3-5-7;2-1-3;/h1-5H,(H3,9,10,11,12);1-5H;1H2;1H3. The number of alkyl halides is 2. The predicted octanol–water partition coefficient (Wildman–Crippen LogP) is 4.17. The molecular weight excluding hydrogens is 427 g/mol. The summed E-state index contributed by atoms with van der Waals surface area (Å²) in [6.45, 7) is 0. The summed E-state index contributed by atoms with van der Waals surface area (Å²) in [5.74, 6) is -0.622. The molecule has 0 fully saturated rings. The van der Waals surface area contributed by atoms with Crippen molar-refractivity contribution >= 4 is 69.7 Å². The number of nitrogens with zero attached hydrogens (tertiary/aromatic N) is 1. The number of hydrogen-bond acceptors (Lipinski definition) is 5. The molecule has 2 rings (SSSR count). The van der Waals surface area contributed by atoms with Crippen LogP contribution in [0.5, 0.6) is 0 Å². The summed E-state index contributed by atoms with van der Waals surface area (Å²) in [5.41, 5.74) is 6.21. The molecule has 0 aromatic heterocycles. The van der Waals surface area contributed by atoms with Gasteiger partial charge in [0.15, 0.2) is 5.11 Å². The summed E-state index contributed by atoms with van der Waals surface area (Å²) >= 11 is 18.3. The molecule has 0 saturated heterocycles.